The molecule has 3 heterocycles. The minimum atomic E-state index is -2.01. The van der Waals surface area contributed by atoms with Crippen LogP contribution in [0.5, 0.6) is 0 Å². The van der Waals surface area contributed by atoms with Gasteiger partial charge >= 0.3 is 5.97 Å². The second kappa shape index (κ2) is 6.35. The van der Waals surface area contributed by atoms with E-state index in [1.165, 1.54) is 6.33 Å². The van der Waals surface area contributed by atoms with E-state index in [1.54, 1.807) is 0 Å². The molecule has 142 valence electrons. The molecule has 2 aromatic rings. The number of aliphatic carboxylic acids is 1. The van der Waals surface area contributed by atoms with Gasteiger partial charge in [0.2, 0.25) is 0 Å². The van der Waals surface area contributed by atoms with Gasteiger partial charge in [0.05, 0.1) is 12.0 Å². The molecule has 1 aliphatic heterocycles. The number of carboxylic acid groups (broad SMARTS) is 1. The number of nitrogens with one attached hydrogen (secondary N) is 1. The van der Waals surface area contributed by atoms with E-state index in [1.807, 2.05) is 17.2 Å². The van der Waals surface area contributed by atoms with E-state index in [0.29, 0.717) is 19.5 Å². The summed E-state index contributed by atoms with van der Waals surface area (Å²) in [5.74, 6) is -0.00946. The van der Waals surface area contributed by atoms with Gasteiger partial charge in [0, 0.05) is 19.3 Å². The molecular formula is C18H28N4O3Si. The molecule has 0 aliphatic carbocycles. The van der Waals surface area contributed by atoms with Crippen LogP contribution >= 0.6 is 0 Å². The summed E-state index contributed by atoms with van der Waals surface area (Å²) < 4.78 is 6.29. The topological polar surface area (TPSA) is 91.3 Å². The SMILES string of the molecule is CC(C)(C)[Si](C)(C)OCC1(C(=O)O)CCN(c2ncnc3[nH]ccc23)C1. The normalized spacial score (nSPS) is 21.5. The Morgan fingerprint density at radius 3 is 2.81 bits per heavy atom. The van der Waals surface area contributed by atoms with E-state index in [4.69, 9.17) is 4.43 Å². The van der Waals surface area contributed by atoms with E-state index >= 15 is 0 Å². The third-order valence-corrected chi connectivity index (χ3v) is 10.4. The highest BCUT2D eigenvalue weighted by Gasteiger charge is 2.48. The largest absolute Gasteiger partial charge is 0.481 e. The number of aromatic amines is 1. The molecule has 0 saturated carbocycles. The lowest BCUT2D eigenvalue weighted by Crippen LogP contribution is -2.47. The monoisotopic (exact) mass is 376 g/mol. The van der Waals surface area contributed by atoms with Crippen LogP contribution in [0.1, 0.15) is 27.2 Å². The van der Waals surface area contributed by atoms with Crippen molar-refractivity contribution in [2.75, 3.05) is 24.6 Å². The van der Waals surface area contributed by atoms with Crippen LogP contribution in [-0.2, 0) is 9.22 Å². The standard InChI is InChI=1S/C18H28N4O3Si/c1-17(2,3)26(4,5)25-11-18(16(23)24)7-9-22(10-18)15-13-6-8-19-14(13)20-12-21-15/h6,8,12H,7,9-11H2,1-5H3,(H,23,24)(H,19,20,21). The molecule has 0 amide bonds. The van der Waals surface area contributed by atoms with Crippen LogP contribution in [0.2, 0.25) is 18.1 Å². The Hall–Kier alpha value is -1.93. The number of hydrogen-bond acceptors (Lipinski definition) is 5. The molecular weight excluding hydrogens is 348 g/mol. The van der Waals surface area contributed by atoms with Crippen LogP contribution in [0, 0.1) is 5.41 Å². The van der Waals surface area contributed by atoms with Crippen molar-refractivity contribution in [3.63, 3.8) is 0 Å². The number of hydrogen-bond donors (Lipinski definition) is 2. The first kappa shape index (κ1) is 18.8. The maximum atomic E-state index is 12.2. The minimum absolute atomic E-state index is 0.0505. The Morgan fingerprint density at radius 2 is 2.15 bits per heavy atom. The molecule has 8 heteroatoms. The van der Waals surface area contributed by atoms with Crippen molar-refractivity contribution in [3.8, 4) is 0 Å². The van der Waals surface area contributed by atoms with E-state index in [9.17, 15) is 9.90 Å². The maximum Gasteiger partial charge on any atom is 0.313 e. The first-order chi connectivity index (χ1) is 12.1. The molecule has 0 radical (unpaired) electrons. The maximum absolute atomic E-state index is 12.2. The number of aromatic nitrogens is 3. The number of H-pyrrole nitrogens is 1. The smallest absolute Gasteiger partial charge is 0.313 e. The summed E-state index contributed by atoms with van der Waals surface area (Å²) in [5, 5.41) is 10.9. The molecule has 1 aliphatic rings. The Morgan fingerprint density at radius 1 is 1.42 bits per heavy atom. The Bertz CT molecular complexity index is 814. The second-order valence-corrected chi connectivity index (χ2v) is 13.6. The van der Waals surface area contributed by atoms with E-state index in [2.05, 4.69) is 48.8 Å². The summed E-state index contributed by atoms with van der Waals surface area (Å²) in [5.41, 5.74) is -0.135. The van der Waals surface area contributed by atoms with Gasteiger partial charge in [-0.15, -0.1) is 0 Å². The van der Waals surface area contributed by atoms with Crippen LogP contribution < -0.4 is 4.90 Å². The van der Waals surface area contributed by atoms with Crippen molar-refractivity contribution in [3.05, 3.63) is 18.6 Å². The van der Waals surface area contributed by atoms with Crippen molar-refractivity contribution in [1.29, 1.82) is 0 Å². The van der Waals surface area contributed by atoms with Gasteiger partial charge in [-0.05, 0) is 30.6 Å². The summed E-state index contributed by atoms with van der Waals surface area (Å²) in [6.07, 6.45) is 3.89. The van der Waals surface area contributed by atoms with Crippen LogP contribution in [-0.4, -0.2) is 54.0 Å². The number of rotatable bonds is 5. The van der Waals surface area contributed by atoms with Gasteiger partial charge in [-0.1, -0.05) is 20.8 Å². The van der Waals surface area contributed by atoms with Gasteiger partial charge in [-0.25, -0.2) is 9.97 Å². The highest BCUT2D eigenvalue weighted by Crippen LogP contribution is 2.40. The summed E-state index contributed by atoms with van der Waals surface area (Å²) in [6, 6.07) is 1.93. The van der Waals surface area contributed by atoms with Crippen LogP contribution in [0.15, 0.2) is 18.6 Å². The van der Waals surface area contributed by atoms with E-state index in [-0.39, 0.29) is 11.6 Å². The summed E-state index contributed by atoms with van der Waals surface area (Å²) in [4.78, 5) is 25.9. The highest BCUT2D eigenvalue weighted by atomic mass is 28.4. The Balaban J connectivity index is 1.82. The number of nitrogens with zero attached hydrogens (tertiary/aromatic N) is 3. The fraction of sp³-hybridized carbons (Fsp3) is 0.611. The van der Waals surface area contributed by atoms with E-state index in [0.717, 1.165) is 16.9 Å². The minimum Gasteiger partial charge on any atom is -0.481 e. The van der Waals surface area contributed by atoms with Gasteiger partial charge in [-0.3, -0.25) is 4.79 Å². The van der Waals surface area contributed by atoms with Gasteiger partial charge in [0.1, 0.15) is 23.2 Å². The summed E-state index contributed by atoms with van der Waals surface area (Å²) in [7, 11) is -2.01. The average molecular weight is 377 g/mol. The molecule has 26 heavy (non-hydrogen) atoms. The molecule has 1 saturated heterocycles. The lowest BCUT2D eigenvalue weighted by atomic mass is 9.88. The quantitative estimate of drug-likeness (QED) is 0.778. The average Bonchev–Trinajstić information content (AvgIpc) is 3.19. The number of carboxylic acids is 1. The molecule has 1 unspecified atom stereocenters. The van der Waals surface area contributed by atoms with Crippen molar-refractivity contribution in [1.82, 2.24) is 15.0 Å². The molecule has 0 bridgehead atoms. The third kappa shape index (κ3) is 3.23. The third-order valence-electron chi connectivity index (χ3n) is 5.96. The molecule has 7 nitrogen and oxygen atoms in total. The van der Waals surface area contributed by atoms with Gasteiger partial charge in [-0.2, -0.15) is 0 Å². The zero-order valence-electron chi connectivity index (χ0n) is 16.2. The fourth-order valence-electron chi connectivity index (χ4n) is 3.05. The Kier molecular flexibility index (Phi) is 4.60. The summed E-state index contributed by atoms with van der Waals surface area (Å²) >= 11 is 0. The van der Waals surface area contributed by atoms with Crippen LogP contribution in [0.3, 0.4) is 0 Å². The van der Waals surface area contributed by atoms with Crippen molar-refractivity contribution < 1.29 is 14.3 Å². The van der Waals surface area contributed by atoms with Crippen molar-refractivity contribution >= 4 is 31.1 Å². The molecule has 2 aromatic heterocycles. The zero-order valence-corrected chi connectivity index (χ0v) is 17.2. The lowest BCUT2D eigenvalue weighted by molar-refractivity contribution is -0.149. The molecule has 1 atom stereocenters. The molecule has 1 fully saturated rings. The van der Waals surface area contributed by atoms with E-state index < -0.39 is 19.7 Å². The zero-order chi connectivity index (χ0) is 19.2. The molecule has 0 spiro atoms. The number of carbonyl (C=O) groups is 1. The predicted octanol–water partition coefficient (Wildman–Crippen LogP) is 3.26. The number of fused-ring (bicyclic) bond motifs is 1. The highest BCUT2D eigenvalue weighted by molar-refractivity contribution is 6.74. The van der Waals surface area contributed by atoms with Crippen LogP contribution in [0.25, 0.3) is 11.0 Å². The number of anilines is 1. The predicted molar refractivity (Wildman–Crippen MR) is 104 cm³/mol. The molecule has 2 N–H and O–H groups in total. The Labute approximate surface area is 154 Å². The lowest BCUT2D eigenvalue weighted by Gasteiger charge is -2.38. The molecule has 0 aromatic carbocycles. The molecule has 3 rings (SSSR count). The fourth-order valence-corrected chi connectivity index (χ4v) is 4.12. The van der Waals surface area contributed by atoms with Gasteiger partial charge in [0.25, 0.3) is 0 Å². The summed E-state index contributed by atoms with van der Waals surface area (Å²) in [6.45, 7) is 12.1. The second-order valence-electron chi connectivity index (χ2n) is 8.74. The first-order valence-corrected chi connectivity index (χ1v) is 11.9. The van der Waals surface area contributed by atoms with Crippen molar-refractivity contribution in [2.45, 2.75) is 45.3 Å². The van der Waals surface area contributed by atoms with Gasteiger partial charge in [0.15, 0.2) is 8.32 Å². The van der Waals surface area contributed by atoms with Crippen LogP contribution in [0.4, 0.5) is 5.82 Å². The van der Waals surface area contributed by atoms with Crippen molar-refractivity contribution in [2.24, 2.45) is 5.41 Å². The first-order valence-electron chi connectivity index (χ1n) is 8.96. The van der Waals surface area contributed by atoms with Gasteiger partial charge < -0.3 is 19.4 Å².